The van der Waals surface area contributed by atoms with Crippen LogP contribution in [0.4, 0.5) is 21.9 Å². The zero-order valence-corrected chi connectivity index (χ0v) is 24.7. The molecule has 2 aromatic rings. The highest BCUT2D eigenvalue weighted by atomic mass is 35.5. The minimum atomic E-state index is -0.249. The second-order valence-electron chi connectivity index (χ2n) is 9.51. The number of carbonyl (C=O) groups is 1. The third-order valence-corrected chi connectivity index (χ3v) is 6.90. The van der Waals surface area contributed by atoms with Crippen LogP contribution in [0.1, 0.15) is 63.6 Å². The Morgan fingerprint density at radius 1 is 1.08 bits per heavy atom. The number of aryl methyl sites for hydroxylation is 1. The van der Waals surface area contributed by atoms with E-state index in [0.717, 1.165) is 48.1 Å². The van der Waals surface area contributed by atoms with Crippen molar-refractivity contribution in [3.63, 3.8) is 0 Å². The van der Waals surface area contributed by atoms with E-state index in [9.17, 15) is 4.79 Å². The summed E-state index contributed by atoms with van der Waals surface area (Å²) in [7, 11) is 3.81. The van der Waals surface area contributed by atoms with Crippen LogP contribution in [0.15, 0.2) is 59.4 Å². The third kappa shape index (κ3) is 8.38. The van der Waals surface area contributed by atoms with Crippen molar-refractivity contribution in [2.75, 3.05) is 36.6 Å². The Morgan fingerprint density at radius 3 is 2.29 bits per heavy atom. The number of nitrogens with two attached hydrogens (primary N) is 1. The molecule has 0 saturated heterocycles. The number of rotatable bonds is 13. The van der Waals surface area contributed by atoms with Crippen LogP contribution in [0.3, 0.4) is 0 Å². The molecule has 6 nitrogen and oxygen atoms in total. The first-order valence-electron chi connectivity index (χ1n) is 13.5. The van der Waals surface area contributed by atoms with Gasteiger partial charge < -0.3 is 16.0 Å². The van der Waals surface area contributed by atoms with E-state index >= 15 is 0 Å². The number of allylic oxidation sites excluding steroid dienone is 1. The number of aliphatic imine (C=N–C) groups is 1. The number of nitrogen functional groups attached to an aromatic ring is 1. The fraction of sp³-hybridized carbons (Fsp3) is 0.419. The van der Waals surface area contributed by atoms with Crippen LogP contribution >= 0.6 is 11.6 Å². The van der Waals surface area contributed by atoms with Gasteiger partial charge in [0, 0.05) is 36.7 Å². The quantitative estimate of drug-likeness (QED) is 0.155. The fourth-order valence-corrected chi connectivity index (χ4v) is 4.45. The van der Waals surface area contributed by atoms with Crippen molar-refractivity contribution in [1.29, 1.82) is 0 Å². The standard InChI is InChI=1S/C31H44ClN5O/c1-8-12-13-14-24(20-34-22(5)36(6)7)21-37(25-17-15-23(9-2)16-18-25)31(38)35-30-26(10-3)28(32)19-29(33)27(30)11-4/h14-20H,5,8-13,21,33H2,1-4,6-7H3,(H,35,38)/b24-14+,34-20?. The predicted octanol–water partition coefficient (Wildman–Crippen LogP) is 7.87. The highest BCUT2D eigenvalue weighted by Gasteiger charge is 2.22. The number of amides is 2. The van der Waals surface area contributed by atoms with Crippen LogP contribution in [0.2, 0.25) is 5.02 Å². The van der Waals surface area contributed by atoms with Crippen molar-refractivity contribution in [1.82, 2.24) is 4.90 Å². The molecule has 0 radical (unpaired) electrons. The largest absolute Gasteiger partial charge is 0.398 e. The van der Waals surface area contributed by atoms with Crippen LogP contribution in [-0.4, -0.2) is 37.8 Å². The summed E-state index contributed by atoms with van der Waals surface area (Å²) in [6.45, 7) is 12.7. The van der Waals surface area contributed by atoms with Gasteiger partial charge in [-0.1, -0.05) is 76.9 Å². The van der Waals surface area contributed by atoms with Crippen LogP contribution in [-0.2, 0) is 19.3 Å². The van der Waals surface area contributed by atoms with E-state index in [-0.39, 0.29) is 6.03 Å². The number of hydrogen-bond acceptors (Lipinski definition) is 4. The molecule has 2 aromatic carbocycles. The second kappa shape index (κ2) is 15.2. The monoisotopic (exact) mass is 537 g/mol. The number of halogens is 1. The van der Waals surface area contributed by atoms with E-state index in [1.54, 1.807) is 11.0 Å². The molecule has 3 N–H and O–H groups in total. The fourth-order valence-electron chi connectivity index (χ4n) is 4.11. The van der Waals surface area contributed by atoms with Gasteiger partial charge in [0.25, 0.3) is 0 Å². The first kappa shape index (κ1) is 31.0. The van der Waals surface area contributed by atoms with Gasteiger partial charge in [0.05, 0.1) is 12.2 Å². The molecule has 0 heterocycles. The van der Waals surface area contributed by atoms with Gasteiger partial charge in [0.15, 0.2) is 0 Å². The summed E-state index contributed by atoms with van der Waals surface area (Å²) < 4.78 is 0. The minimum Gasteiger partial charge on any atom is -0.398 e. The van der Waals surface area contributed by atoms with E-state index in [1.807, 2.05) is 51.2 Å². The topological polar surface area (TPSA) is 74.0 Å². The number of unbranched alkanes of at least 4 members (excludes halogenated alkanes) is 2. The Balaban J connectivity index is 2.55. The Kier molecular flexibility index (Phi) is 12.4. The molecule has 206 valence electrons. The highest BCUT2D eigenvalue weighted by Crippen LogP contribution is 2.34. The number of nitrogens with one attached hydrogen (secondary N) is 1. The number of urea groups is 1. The van der Waals surface area contributed by atoms with Crippen molar-refractivity contribution in [3.05, 3.63) is 76.1 Å². The van der Waals surface area contributed by atoms with E-state index in [1.165, 1.54) is 5.56 Å². The lowest BCUT2D eigenvalue weighted by Gasteiger charge is -2.26. The normalized spacial score (nSPS) is 11.6. The van der Waals surface area contributed by atoms with Crippen molar-refractivity contribution in [2.24, 2.45) is 4.99 Å². The van der Waals surface area contributed by atoms with Gasteiger partial charge in [-0.15, -0.1) is 0 Å². The average molecular weight is 538 g/mol. The Hall–Kier alpha value is -3.25. The predicted molar refractivity (Wildman–Crippen MR) is 166 cm³/mol. The molecule has 2 amide bonds. The van der Waals surface area contributed by atoms with Gasteiger partial charge >= 0.3 is 6.03 Å². The number of carbonyl (C=O) groups excluding carboxylic acids is 1. The zero-order chi connectivity index (χ0) is 28.2. The van der Waals surface area contributed by atoms with Crippen molar-refractivity contribution >= 4 is 40.9 Å². The smallest absolute Gasteiger partial charge is 0.326 e. The molecular weight excluding hydrogens is 494 g/mol. The number of benzene rings is 2. The van der Waals surface area contributed by atoms with E-state index < -0.39 is 0 Å². The van der Waals surface area contributed by atoms with Crippen LogP contribution in [0.25, 0.3) is 0 Å². The van der Waals surface area contributed by atoms with E-state index in [2.05, 4.69) is 48.9 Å². The number of nitrogens with zero attached hydrogens (tertiary/aromatic N) is 3. The molecule has 0 aliphatic rings. The summed E-state index contributed by atoms with van der Waals surface area (Å²) in [6.07, 6.45) is 9.30. The summed E-state index contributed by atoms with van der Waals surface area (Å²) in [5.74, 6) is 0.643. The Morgan fingerprint density at radius 2 is 1.74 bits per heavy atom. The summed E-state index contributed by atoms with van der Waals surface area (Å²) in [5, 5.41) is 3.73. The molecule has 0 bridgehead atoms. The zero-order valence-electron chi connectivity index (χ0n) is 23.9. The summed E-state index contributed by atoms with van der Waals surface area (Å²) in [5.41, 5.74) is 12.3. The molecule has 0 aliphatic carbocycles. The van der Waals surface area contributed by atoms with Crippen molar-refractivity contribution < 1.29 is 4.79 Å². The van der Waals surface area contributed by atoms with Crippen molar-refractivity contribution in [3.8, 4) is 0 Å². The first-order chi connectivity index (χ1) is 18.2. The maximum absolute atomic E-state index is 14.0. The van der Waals surface area contributed by atoms with Gasteiger partial charge in [0.1, 0.15) is 5.82 Å². The minimum absolute atomic E-state index is 0.249. The Bertz CT molecular complexity index is 1120. The molecular formula is C31H44ClN5O. The summed E-state index contributed by atoms with van der Waals surface area (Å²) >= 11 is 6.55. The van der Waals surface area contributed by atoms with E-state index in [4.69, 9.17) is 17.3 Å². The third-order valence-electron chi connectivity index (χ3n) is 6.56. The van der Waals surface area contributed by atoms with Crippen molar-refractivity contribution in [2.45, 2.75) is 66.2 Å². The highest BCUT2D eigenvalue weighted by molar-refractivity contribution is 6.32. The molecule has 0 saturated carbocycles. The lowest BCUT2D eigenvalue weighted by Crippen LogP contribution is -2.37. The molecule has 7 heteroatoms. The molecule has 0 atom stereocenters. The maximum Gasteiger partial charge on any atom is 0.326 e. The van der Waals surface area contributed by atoms with Gasteiger partial charge in [-0.25, -0.2) is 9.79 Å². The average Bonchev–Trinajstić information content (AvgIpc) is 2.89. The lowest BCUT2D eigenvalue weighted by molar-refractivity contribution is 0.257. The van der Waals surface area contributed by atoms with E-state index in [0.29, 0.717) is 41.6 Å². The van der Waals surface area contributed by atoms with Gasteiger partial charge in [0.2, 0.25) is 0 Å². The number of anilines is 3. The maximum atomic E-state index is 14.0. The van der Waals surface area contributed by atoms with Gasteiger partial charge in [-0.05, 0) is 66.1 Å². The molecule has 0 fully saturated rings. The summed E-state index contributed by atoms with van der Waals surface area (Å²) in [4.78, 5) is 22.1. The van der Waals surface area contributed by atoms with Crippen LogP contribution < -0.4 is 16.0 Å². The van der Waals surface area contributed by atoms with Crippen LogP contribution in [0, 0.1) is 0 Å². The molecule has 0 aliphatic heterocycles. The second-order valence-corrected chi connectivity index (χ2v) is 9.92. The molecule has 0 spiro atoms. The molecule has 38 heavy (non-hydrogen) atoms. The lowest BCUT2D eigenvalue weighted by atomic mass is 10.0. The van der Waals surface area contributed by atoms with Gasteiger partial charge in [-0.2, -0.15) is 0 Å². The molecule has 0 aromatic heterocycles. The molecule has 0 unspecified atom stereocenters. The Labute approximate surface area is 234 Å². The van der Waals surface area contributed by atoms with Crippen LogP contribution in [0.5, 0.6) is 0 Å². The van der Waals surface area contributed by atoms with Gasteiger partial charge in [-0.3, -0.25) is 4.90 Å². The first-order valence-corrected chi connectivity index (χ1v) is 13.9. The molecule has 2 rings (SSSR count). The summed E-state index contributed by atoms with van der Waals surface area (Å²) in [6, 6.07) is 9.63. The SMILES string of the molecule is C=C(N=C/C(=C\CCCC)CN(C(=O)Nc1c(CC)c(N)cc(Cl)c1CC)c1ccc(CC)cc1)N(C)C. The number of hydrogen-bond donors (Lipinski definition) is 2.